The van der Waals surface area contributed by atoms with E-state index in [4.69, 9.17) is 23.7 Å². The van der Waals surface area contributed by atoms with Gasteiger partial charge in [-0.2, -0.15) is 0 Å². The Kier molecular flexibility index (Phi) is 9.24. The molecule has 44 heavy (non-hydrogen) atoms. The lowest BCUT2D eigenvalue weighted by atomic mass is 9.93. The minimum absolute atomic E-state index is 0.0533. The molecule has 1 aliphatic heterocycles. The van der Waals surface area contributed by atoms with E-state index in [1.807, 2.05) is 0 Å². The number of aliphatic hydroxyl groups is 1. The number of benzene rings is 3. The summed E-state index contributed by atoms with van der Waals surface area (Å²) >= 11 is 0. The molecule has 0 aliphatic carbocycles. The van der Waals surface area contributed by atoms with Gasteiger partial charge in [-0.05, 0) is 61.0 Å². The first-order chi connectivity index (χ1) is 21.0. The molecule has 12 nitrogen and oxygen atoms in total. The molecule has 1 aliphatic rings. The third kappa shape index (κ3) is 5.66. The maximum atomic E-state index is 14.3. The zero-order chi connectivity index (χ0) is 32.2. The van der Waals surface area contributed by atoms with Gasteiger partial charge in [0.15, 0.2) is 17.3 Å². The van der Waals surface area contributed by atoms with Crippen molar-refractivity contribution in [3.8, 4) is 23.0 Å². The fourth-order valence-corrected chi connectivity index (χ4v) is 4.94. The van der Waals surface area contributed by atoms with Crippen LogP contribution in [0.15, 0.2) is 66.2 Å². The number of methoxy groups -OCH3 is 4. The number of anilines is 1. The molecule has 1 atom stereocenters. The lowest BCUT2D eigenvalue weighted by molar-refractivity contribution is -0.152. The van der Waals surface area contributed by atoms with Crippen molar-refractivity contribution in [3.63, 3.8) is 0 Å². The van der Waals surface area contributed by atoms with E-state index in [1.54, 1.807) is 19.1 Å². The van der Waals surface area contributed by atoms with Crippen LogP contribution in [0.1, 0.15) is 39.6 Å². The molecule has 12 heteroatoms. The van der Waals surface area contributed by atoms with Gasteiger partial charge in [-0.15, -0.1) is 0 Å². The second-order valence-corrected chi connectivity index (χ2v) is 9.50. The summed E-state index contributed by atoms with van der Waals surface area (Å²) in [5.41, 5.74) is -3.78. The van der Waals surface area contributed by atoms with E-state index >= 15 is 0 Å². The van der Waals surface area contributed by atoms with E-state index in [0.717, 1.165) is 11.0 Å². The minimum atomic E-state index is -2.79. The maximum absolute atomic E-state index is 14.3. The van der Waals surface area contributed by atoms with E-state index in [-0.39, 0.29) is 40.6 Å². The lowest BCUT2D eigenvalue weighted by Crippen LogP contribution is -2.52. The van der Waals surface area contributed by atoms with Crippen LogP contribution in [0.25, 0.3) is 5.70 Å². The SMILES string of the molecule is CCOC(=O)CC1(O)C(=O)C(C(=O)c2ccc(OC)cc2)=C(c2ccc(OC)cc2)N1c1cc(OC)c(OC)cc1C(=O)O. The van der Waals surface area contributed by atoms with Crippen LogP contribution in [0, 0.1) is 0 Å². The van der Waals surface area contributed by atoms with E-state index in [0.29, 0.717) is 11.5 Å². The number of hydrogen-bond acceptors (Lipinski definition) is 11. The van der Waals surface area contributed by atoms with Gasteiger partial charge in [-0.25, -0.2) is 4.79 Å². The van der Waals surface area contributed by atoms with Gasteiger partial charge in [0, 0.05) is 17.7 Å². The average molecular weight is 606 g/mol. The van der Waals surface area contributed by atoms with Crippen LogP contribution in [0.3, 0.4) is 0 Å². The van der Waals surface area contributed by atoms with Crippen LogP contribution in [-0.4, -0.2) is 74.5 Å². The summed E-state index contributed by atoms with van der Waals surface area (Å²) in [5.74, 6) is -3.31. The molecule has 1 heterocycles. The zero-order valence-corrected chi connectivity index (χ0v) is 24.7. The largest absolute Gasteiger partial charge is 0.497 e. The molecule has 0 fully saturated rings. The highest BCUT2D eigenvalue weighted by Crippen LogP contribution is 2.48. The Balaban J connectivity index is 2.11. The topological polar surface area (TPSA) is 158 Å². The fourth-order valence-electron chi connectivity index (χ4n) is 4.94. The molecular formula is C32H31NO11. The molecule has 1 unspecified atom stereocenters. The molecule has 230 valence electrons. The lowest BCUT2D eigenvalue weighted by Gasteiger charge is -2.36. The molecule has 3 aromatic carbocycles. The number of Topliss-reactive ketones (excluding diaryl/α,β-unsaturated/α-hetero) is 2. The van der Waals surface area contributed by atoms with Crippen molar-refractivity contribution in [1.29, 1.82) is 0 Å². The summed E-state index contributed by atoms with van der Waals surface area (Å²) in [5, 5.41) is 22.5. The predicted octanol–water partition coefficient (Wildman–Crippen LogP) is 3.74. The second-order valence-electron chi connectivity index (χ2n) is 9.50. The highest BCUT2D eigenvalue weighted by molar-refractivity contribution is 6.37. The third-order valence-electron chi connectivity index (χ3n) is 7.03. The van der Waals surface area contributed by atoms with Crippen LogP contribution >= 0.6 is 0 Å². The summed E-state index contributed by atoms with van der Waals surface area (Å²) in [4.78, 5) is 54.9. The summed E-state index contributed by atoms with van der Waals surface area (Å²) in [6.45, 7) is 1.49. The Morgan fingerprint density at radius 1 is 0.818 bits per heavy atom. The van der Waals surface area contributed by atoms with Crippen molar-refractivity contribution < 1.29 is 53.1 Å². The summed E-state index contributed by atoms with van der Waals surface area (Å²) in [6.07, 6.45) is -0.938. The zero-order valence-electron chi connectivity index (χ0n) is 24.7. The Bertz CT molecular complexity index is 1630. The van der Waals surface area contributed by atoms with Crippen molar-refractivity contribution in [1.82, 2.24) is 0 Å². The van der Waals surface area contributed by atoms with Crippen LogP contribution in [0.5, 0.6) is 23.0 Å². The first kappa shape index (κ1) is 31.6. The van der Waals surface area contributed by atoms with Gasteiger partial charge in [0.2, 0.25) is 11.5 Å². The Hall–Kier alpha value is -5.36. The maximum Gasteiger partial charge on any atom is 0.337 e. The Morgan fingerprint density at radius 2 is 1.36 bits per heavy atom. The molecule has 3 aromatic rings. The van der Waals surface area contributed by atoms with Gasteiger partial charge in [0.05, 0.1) is 57.6 Å². The standard InChI is InChI=1S/C32H31NO11/c1-6-44-26(34)17-32(39)30(36)27(29(35)19-9-13-21(41-3)14-10-19)28(18-7-11-20(40-2)12-8-18)33(32)23-16-25(43-5)24(42-4)15-22(23)31(37)38/h7-16,39H,6,17H2,1-5H3,(H,37,38). The molecule has 0 saturated carbocycles. The number of rotatable bonds is 12. The van der Waals surface area contributed by atoms with Crippen LogP contribution < -0.4 is 23.8 Å². The number of carbonyl (C=O) groups excluding carboxylic acids is 3. The number of ketones is 2. The molecule has 2 N–H and O–H groups in total. The number of ether oxygens (including phenoxy) is 5. The van der Waals surface area contributed by atoms with E-state index in [1.165, 1.54) is 70.9 Å². The molecule has 0 radical (unpaired) electrons. The average Bonchev–Trinajstić information content (AvgIpc) is 3.25. The summed E-state index contributed by atoms with van der Waals surface area (Å²) < 4.78 is 26.2. The fraction of sp³-hybridized carbons (Fsp3) is 0.250. The van der Waals surface area contributed by atoms with Gasteiger partial charge in [-0.1, -0.05) is 0 Å². The normalized spacial score (nSPS) is 16.0. The highest BCUT2D eigenvalue weighted by atomic mass is 16.5. The van der Waals surface area contributed by atoms with Gasteiger partial charge < -0.3 is 38.8 Å². The van der Waals surface area contributed by atoms with E-state index < -0.39 is 46.8 Å². The van der Waals surface area contributed by atoms with Crippen molar-refractivity contribution in [2.75, 3.05) is 39.9 Å². The number of hydrogen-bond donors (Lipinski definition) is 2. The number of carbonyl (C=O) groups is 4. The number of nitrogens with zero attached hydrogens (tertiary/aromatic N) is 1. The monoisotopic (exact) mass is 605 g/mol. The van der Waals surface area contributed by atoms with E-state index in [9.17, 15) is 29.4 Å². The smallest absolute Gasteiger partial charge is 0.337 e. The Labute approximate surface area is 253 Å². The summed E-state index contributed by atoms with van der Waals surface area (Å²) in [7, 11) is 5.55. The third-order valence-corrected chi connectivity index (χ3v) is 7.03. The molecule has 0 saturated heterocycles. The quantitative estimate of drug-likeness (QED) is 0.175. The molecule has 0 amide bonds. The number of aromatic carboxylic acids is 1. The van der Waals surface area contributed by atoms with Gasteiger partial charge in [0.25, 0.3) is 0 Å². The number of carboxylic acids is 1. The van der Waals surface area contributed by atoms with Gasteiger partial charge >= 0.3 is 11.9 Å². The number of esters is 1. The number of carboxylic acid groups (broad SMARTS) is 1. The van der Waals surface area contributed by atoms with Crippen LogP contribution in [0.4, 0.5) is 5.69 Å². The van der Waals surface area contributed by atoms with Crippen molar-refractivity contribution in [3.05, 3.63) is 82.9 Å². The van der Waals surface area contributed by atoms with Crippen LogP contribution in [-0.2, 0) is 14.3 Å². The molecule has 4 rings (SSSR count). The van der Waals surface area contributed by atoms with Crippen molar-refractivity contribution >= 4 is 34.9 Å². The summed E-state index contributed by atoms with van der Waals surface area (Å²) in [6, 6.07) is 14.5. The minimum Gasteiger partial charge on any atom is -0.497 e. The molecular weight excluding hydrogens is 574 g/mol. The first-order valence-corrected chi connectivity index (χ1v) is 13.3. The van der Waals surface area contributed by atoms with Crippen molar-refractivity contribution in [2.45, 2.75) is 19.1 Å². The highest BCUT2D eigenvalue weighted by Gasteiger charge is 2.56. The van der Waals surface area contributed by atoms with Gasteiger partial charge in [0.1, 0.15) is 17.9 Å². The Morgan fingerprint density at radius 3 is 1.86 bits per heavy atom. The second kappa shape index (κ2) is 12.9. The predicted molar refractivity (Wildman–Crippen MR) is 157 cm³/mol. The van der Waals surface area contributed by atoms with E-state index in [2.05, 4.69) is 0 Å². The van der Waals surface area contributed by atoms with Gasteiger partial charge in [-0.3, -0.25) is 14.4 Å². The first-order valence-electron chi connectivity index (χ1n) is 13.3. The molecule has 0 spiro atoms. The van der Waals surface area contributed by atoms with Crippen LogP contribution in [0.2, 0.25) is 0 Å². The van der Waals surface area contributed by atoms with Crippen molar-refractivity contribution in [2.24, 2.45) is 0 Å². The molecule has 0 aromatic heterocycles. The molecule has 0 bridgehead atoms.